The number of fused-ring (bicyclic) bond motifs is 1. The van der Waals surface area contributed by atoms with Crippen molar-refractivity contribution in [2.75, 3.05) is 34.4 Å². The first-order valence-electron chi connectivity index (χ1n) is 9.72. The Morgan fingerprint density at radius 2 is 1.90 bits per heavy atom. The van der Waals surface area contributed by atoms with E-state index in [1.807, 2.05) is 60.5 Å². The minimum Gasteiger partial charge on any atom is -0.493 e. The van der Waals surface area contributed by atoms with Gasteiger partial charge in [0.2, 0.25) is 0 Å². The molecule has 4 rings (SSSR count). The first kappa shape index (κ1) is 19.2. The van der Waals surface area contributed by atoms with Crippen molar-refractivity contribution < 1.29 is 14.3 Å². The molecular formula is C23H25N3O3. The van der Waals surface area contributed by atoms with Crippen LogP contribution >= 0.6 is 0 Å². The van der Waals surface area contributed by atoms with Crippen LogP contribution in [0.15, 0.2) is 48.5 Å². The van der Waals surface area contributed by atoms with Gasteiger partial charge in [-0.1, -0.05) is 18.2 Å². The molecule has 150 valence electrons. The van der Waals surface area contributed by atoms with Crippen LogP contribution in [0.25, 0.3) is 22.2 Å². The van der Waals surface area contributed by atoms with Gasteiger partial charge in [-0.3, -0.25) is 4.79 Å². The summed E-state index contributed by atoms with van der Waals surface area (Å²) in [5.74, 6) is 1.29. The number of methoxy groups -OCH3 is 2. The number of para-hydroxylation sites is 1. The number of carbonyl (C=O) groups is 1. The van der Waals surface area contributed by atoms with Gasteiger partial charge in [-0.15, -0.1) is 0 Å². The molecule has 0 saturated carbocycles. The highest BCUT2D eigenvalue weighted by Gasteiger charge is 2.26. The highest BCUT2D eigenvalue weighted by molar-refractivity contribution is 6.07. The fourth-order valence-corrected chi connectivity index (χ4v) is 3.82. The quantitative estimate of drug-likeness (QED) is 0.723. The van der Waals surface area contributed by atoms with Crippen molar-refractivity contribution in [3.05, 3.63) is 54.1 Å². The minimum absolute atomic E-state index is 0.0130. The lowest BCUT2D eigenvalue weighted by Crippen LogP contribution is -2.38. The third kappa shape index (κ3) is 3.63. The van der Waals surface area contributed by atoms with Gasteiger partial charge in [-0.25, -0.2) is 4.98 Å². The number of likely N-dealkylation sites (N-methyl/N-ethyl adjacent to an activating group) is 1. The zero-order chi connectivity index (χ0) is 20.4. The van der Waals surface area contributed by atoms with E-state index in [0.29, 0.717) is 17.1 Å². The van der Waals surface area contributed by atoms with Crippen molar-refractivity contribution in [3.63, 3.8) is 0 Å². The fourth-order valence-electron chi connectivity index (χ4n) is 3.82. The van der Waals surface area contributed by atoms with Gasteiger partial charge in [-0.2, -0.15) is 0 Å². The number of amides is 1. The van der Waals surface area contributed by atoms with Gasteiger partial charge in [0, 0.05) is 30.6 Å². The number of hydrogen-bond acceptors (Lipinski definition) is 5. The molecule has 1 amide bonds. The van der Waals surface area contributed by atoms with Crippen molar-refractivity contribution in [2.45, 2.75) is 12.5 Å². The molecule has 1 atom stereocenters. The van der Waals surface area contributed by atoms with Crippen LogP contribution in [0.4, 0.5) is 0 Å². The number of hydrogen-bond donors (Lipinski definition) is 1. The van der Waals surface area contributed by atoms with E-state index >= 15 is 0 Å². The molecule has 0 bridgehead atoms. The zero-order valence-electron chi connectivity index (χ0n) is 16.9. The summed E-state index contributed by atoms with van der Waals surface area (Å²) in [6.45, 7) is 1.77. The molecule has 1 aromatic heterocycles. The molecule has 1 aliphatic rings. The summed E-state index contributed by atoms with van der Waals surface area (Å²) in [6, 6.07) is 15.5. The van der Waals surface area contributed by atoms with Gasteiger partial charge in [0.15, 0.2) is 11.5 Å². The molecule has 0 radical (unpaired) electrons. The van der Waals surface area contributed by atoms with E-state index in [1.165, 1.54) is 0 Å². The Hall–Kier alpha value is -3.12. The monoisotopic (exact) mass is 391 g/mol. The molecule has 2 heterocycles. The Morgan fingerprint density at radius 1 is 1.10 bits per heavy atom. The molecule has 2 aromatic carbocycles. The molecular weight excluding hydrogens is 366 g/mol. The first-order valence-corrected chi connectivity index (χ1v) is 9.72. The summed E-state index contributed by atoms with van der Waals surface area (Å²) in [7, 11) is 5.09. The Morgan fingerprint density at radius 3 is 2.62 bits per heavy atom. The van der Waals surface area contributed by atoms with E-state index in [9.17, 15) is 4.79 Å². The van der Waals surface area contributed by atoms with Gasteiger partial charge in [0.05, 0.1) is 31.0 Å². The van der Waals surface area contributed by atoms with Crippen LogP contribution in [0.2, 0.25) is 0 Å². The summed E-state index contributed by atoms with van der Waals surface area (Å²) in [5.41, 5.74) is 3.05. The van der Waals surface area contributed by atoms with Gasteiger partial charge in [-0.05, 0) is 43.3 Å². The average molecular weight is 391 g/mol. The summed E-state index contributed by atoms with van der Waals surface area (Å²) >= 11 is 0. The predicted molar refractivity (Wildman–Crippen MR) is 114 cm³/mol. The van der Waals surface area contributed by atoms with E-state index in [0.717, 1.165) is 41.7 Å². The lowest BCUT2D eigenvalue weighted by molar-refractivity contribution is 0.0745. The maximum absolute atomic E-state index is 13.4. The smallest absolute Gasteiger partial charge is 0.254 e. The van der Waals surface area contributed by atoms with Crippen LogP contribution in [0.1, 0.15) is 16.8 Å². The number of carbonyl (C=O) groups excluding carboxylic acids is 1. The van der Waals surface area contributed by atoms with Crippen molar-refractivity contribution >= 4 is 16.8 Å². The maximum Gasteiger partial charge on any atom is 0.254 e. The van der Waals surface area contributed by atoms with Crippen LogP contribution in [-0.4, -0.2) is 56.2 Å². The number of benzene rings is 2. The second-order valence-electron chi connectivity index (χ2n) is 7.20. The first-order chi connectivity index (χ1) is 14.1. The molecule has 1 fully saturated rings. The molecule has 6 heteroatoms. The van der Waals surface area contributed by atoms with Gasteiger partial charge in [0.1, 0.15) is 0 Å². The SMILES string of the molecule is COc1ccc(-c2cc(C(=O)N(C)C3CCNC3)c3ccccc3n2)cc1OC. The molecule has 6 nitrogen and oxygen atoms in total. The maximum atomic E-state index is 13.4. The average Bonchev–Trinajstić information content (AvgIpc) is 3.31. The largest absolute Gasteiger partial charge is 0.493 e. The summed E-state index contributed by atoms with van der Waals surface area (Å²) in [6.07, 6.45) is 0.966. The third-order valence-electron chi connectivity index (χ3n) is 5.53. The minimum atomic E-state index is 0.0130. The Labute approximate surface area is 170 Å². The third-order valence-corrected chi connectivity index (χ3v) is 5.53. The Bertz CT molecular complexity index is 1040. The normalized spacial score (nSPS) is 16.0. The molecule has 29 heavy (non-hydrogen) atoms. The second kappa shape index (κ2) is 8.09. The van der Waals surface area contributed by atoms with Gasteiger partial charge < -0.3 is 19.7 Å². The Kier molecular flexibility index (Phi) is 5.36. The number of aromatic nitrogens is 1. The zero-order valence-corrected chi connectivity index (χ0v) is 16.9. The van der Waals surface area contributed by atoms with Crippen LogP contribution in [0.3, 0.4) is 0 Å². The summed E-state index contributed by atoms with van der Waals surface area (Å²) < 4.78 is 10.8. The Balaban J connectivity index is 1.82. The van der Waals surface area contributed by atoms with Crippen LogP contribution < -0.4 is 14.8 Å². The lowest BCUT2D eigenvalue weighted by atomic mass is 10.0. The van der Waals surface area contributed by atoms with E-state index < -0.39 is 0 Å². The molecule has 1 unspecified atom stereocenters. The van der Waals surface area contributed by atoms with Crippen LogP contribution in [0.5, 0.6) is 11.5 Å². The van der Waals surface area contributed by atoms with Gasteiger partial charge in [0.25, 0.3) is 5.91 Å². The molecule has 0 aliphatic carbocycles. The highest BCUT2D eigenvalue weighted by atomic mass is 16.5. The summed E-state index contributed by atoms with van der Waals surface area (Å²) in [4.78, 5) is 20.0. The lowest BCUT2D eigenvalue weighted by Gasteiger charge is -2.24. The molecule has 3 aromatic rings. The van der Waals surface area contributed by atoms with Crippen molar-refractivity contribution in [1.29, 1.82) is 0 Å². The molecule has 1 N–H and O–H groups in total. The number of nitrogens with one attached hydrogen (secondary N) is 1. The molecule has 1 saturated heterocycles. The van der Waals surface area contributed by atoms with E-state index in [-0.39, 0.29) is 11.9 Å². The van der Waals surface area contributed by atoms with Crippen LogP contribution in [0, 0.1) is 0 Å². The molecule has 0 spiro atoms. The van der Waals surface area contributed by atoms with Crippen molar-refractivity contribution in [3.8, 4) is 22.8 Å². The number of nitrogens with zero attached hydrogens (tertiary/aromatic N) is 2. The van der Waals surface area contributed by atoms with E-state index in [1.54, 1.807) is 14.2 Å². The number of ether oxygens (including phenoxy) is 2. The second-order valence-corrected chi connectivity index (χ2v) is 7.20. The summed E-state index contributed by atoms with van der Waals surface area (Å²) in [5, 5.41) is 4.19. The fraction of sp³-hybridized carbons (Fsp3) is 0.304. The van der Waals surface area contributed by atoms with E-state index in [4.69, 9.17) is 14.5 Å². The van der Waals surface area contributed by atoms with Crippen molar-refractivity contribution in [2.24, 2.45) is 0 Å². The predicted octanol–water partition coefficient (Wildman–Crippen LogP) is 3.35. The topological polar surface area (TPSA) is 63.7 Å². The van der Waals surface area contributed by atoms with Crippen LogP contribution in [-0.2, 0) is 0 Å². The highest BCUT2D eigenvalue weighted by Crippen LogP contribution is 2.33. The number of pyridine rings is 1. The van der Waals surface area contributed by atoms with Gasteiger partial charge >= 0.3 is 0 Å². The van der Waals surface area contributed by atoms with E-state index in [2.05, 4.69) is 5.32 Å². The van der Waals surface area contributed by atoms with Crippen molar-refractivity contribution in [1.82, 2.24) is 15.2 Å². The number of rotatable bonds is 5. The standard InChI is InChI=1S/C23H25N3O3/c1-26(16-10-11-24-14-16)23(27)18-13-20(25-19-7-5-4-6-17(18)19)15-8-9-21(28-2)22(12-15)29-3/h4-9,12-13,16,24H,10-11,14H2,1-3H3. The molecule has 1 aliphatic heterocycles.